The first kappa shape index (κ1) is 12.7. The molecular weight excluding hydrogens is 334 g/mol. The summed E-state index contributed by atoms with van der Waals surface area (Å²) in [5.74, 6) is -0.385. The van der Waals surface area contributed by atoms with E-state index in [0.717, 1.165) is 0 Å². The summed E-state index contributed by atoms with van der Waals surface area (Å²) in [7, 11) is 0. The monoisotopic (exact) mass is 339 g/mol. The molecule has 2 aromatic rings. The first-order valence-corrected chi connectivity index (χ1v) is 6.18. The lowest BCUT2D eigenvalue weighted by Gasteiger charge is -2.06. The highest BCUT2D eigenvalue weighted by atomic mass is 79.9. The van der Waals surface area contributed by atoms with Crippen LogP contribution in [0.4, 0.5) is 0 Å². The molecule has 102 valence electrons. The molecule has 0 bridgehead atoms. The van der Waals surface area contributed by atoms with Crippen LogP contribution >= 0.6 is 15.9 Å². The number of nitrogens with zero attached hydrogens (tertiary/aromatic N) is 1. The number of carboxylic acid groups (broad SMARTS) is 1. The molecule has 0 saturated carbocycles. The van der Waals surface area contributed by atoms with Crippen LogP contribution < -0.4 is 9.47 Å². The summed E-state index contributed by atoms with van der Waals surface area (Å²) in [5, 5.41) is 12.3. The van der Waals surface area contributed by atoms with Gasteiger partial charge in [-0.25, -0.2) is 4.79 Å². The maximum absolute atomic E-state index is 11.0. The number of hydrogen-bond acceptors (Lipinski definition) is 6. The van der Waals surface area contributed by atoms with Crippen LogP contribution in [0.3, 0.4) is 0 Å². The van der Waals surface area contributed by atoms with E-state index in [1.54, 1.807) is 6.07 Å². The molecule has 0 aliphatic carbocycles. The van der Waals surface area contributed by atoms with Gasteiger partial charge in [-0.1, -0.05) is 5.16 Å². The fourth-order valence-corrected chi connectivity index (χ4v) is 2.49. The zero-order valence-corrected chi connectivity index (χ0v) is 11.3. The van der Waals surface area contributed by atoms with Crippen LogP contribution in [-0.2, 0) is 0 Å². The second kappa shape index (κ2) is 4.64. The van der Waals surface area contributed by atoms with Gasteiger partial charge in [-0.15, -0.1) is 0 Å². The highest BCUT2D eigenvalue weighted by Crippen LogP contribution is 2.47. The minimum atomic E-state index is -1.20. The van der Waals surface area contributed by atoms with E-state index in [9.17, 15) is 9.59 Å². The van der Waals surface area contributed by atoms with Crippen molar-refractivity contribution >= 4 is 28.2 Å². The Kier molecular flexibility index (Phi) is 2.94. The third kappa shape index (κ3) is 1.85. The van der Waals surface area contributed by atoms with Crippen molar-refractivity contribution in [3.63, 3.8) is 0 Å². The van der Waals surface area contributed by atoms with Gasteiger partial charge >= 0.3 is 5.97 Å². The number of ether oxygens (including phenoxy) is 2. The van der Waals surface area contributed by atoms with Crippen molar-refractivity contribution in [2.45, 2.75) is 0 Å². The number of aromatic nitrogens is 1. The van der Waals surface area contributed by atoms with E-state index < -0.39 is 5.97 Å². The SMILES string of the molecule is O=Cc1cc(Br)c(-c2cc(C(=O)O)no2)c2c1OCO2. The van der Waals surface area contributed by atoms with Gasteiger partial charge in [0.2, 0.25) is 6.79 Å². The molecule has 0 spiro atoms. The molecule has 2 heterocycles. The number of aldehydes is 1. The number of carbonyl (C=O) groups is 2. The van der Waals surface area contributed by atoms with Crippen LogP contribution in [0.1, 0.15) is 20.8 Å². The fourth-order valence-electron chi connectivity index (χ4n) is 1.87. The lowest BCUT2D eigenvalue weighted by molar-refractivity contribution is 0.0685. The molecule has 7 nitrogen and oxygen atoms in total. The van der Waals surface area contributed by atoms with E-state index in [4.69, 9.17) is 19.1 Å². The zero-order chi connectivity index (χ0) is 14.3. The molecule has 1 aliphatic heterocycles. The summed E-state index contributed by atoms with van der Waals surface area (Å²) in [6.07, 6.45) is 0.644. The van der Waals surface area contributed by atoms with Crippen LogP contribution in [-0.4, -0.2) is 29.3 Å². The van der Waals surface area contributed by atoms with Gasteiger partial charge in [0.25, 0.3) is 0 Å². The third-order valence-electron chi connectivity index (χ3n) is 2.73. The van der Waals surface area contributed by atoms with E-state index in [2.05, 4.69) is 21.1 Å². The molecule has 0 radical (unpaired) electrons. The van der Waals surface area contributed by atoms with Gasteiger partial charge in [0.15, 0.2) is 29.2 Å². The summed E-state index contributed by atoms with van der Waals surface area (Å²) in [6.45, 7) is -0.0282. The zero-order valence-electron chi connectivity index (χ0n) is 9.75. The molecule has 8 heteroatoms. The van der Waals surface area contributed by atoms with Crippen LogP contribution in [0.2, 0.25) is 0 Å². The molecule has 1 aromatic carbocycles. The Hall–Kier alpha value is -2.35. The summed E-state index contributed by atoms with van der Waals surface area (Å²) >= 11 is 3.29. The molecule has 1 N–H and O–H groups in total. The molecule has 0 saturated heterocycles. The van der Waals surface area contributed by atoms with Crippen molar-refractivity contribution in [3.05, 3.63) is 27.9 Å². The Bertz CT molecular complexity index is 723. The van der Waals surface area contributed by atoms with Crippen LogP contribution in [0, 0.1) is 0 Å². The predicted octanol–water partition coefficient (Wildman–Crippen LogP) is 2.34. The average Bonchev–Trinajstić information content (AvgIpc) is 3.06. The largest absolute Gasteiger partial charge is 0.476 e. The van der Waals surface area contributed by atoms with E-state index in [0.29, 0.717) is 33.4 Å². The standard InChI is InChI=1S/C12H6BrNO6/c13-6-1-5(3-15)10-11(19-4-18-10)9(6)8-2-7(12(16)17)14-20-8/h1-3H,4H2,(H,16,17). The number of aromatic carboxylic acids is 1. The molecule has 1 aliphatic rings. The van der Waals surface area contributed by atoms with Crippen LogP contribution in [0.25, 0.3) is 11.3 Å². The van der Waals surface area contributed by atoms with Crippen molar-refractivity contribution in [2.75, 3.05) is 6.79 Å². The first-order valence-electron chi connectivity index (χ1n) is 5.39. The number of rotatable bonds is 3. The van der Waals surface area contributed by atoms with Crippen molar-refractivity contribution in [1.29, 1.82) is 0 Å². The number of benzene rings is 1. The Labute approximate surface area is 120 Å². The number of carbonyl (C=O) groups excluding carboxylic acids is 1. The summed E-state index contributed by atoms with van der Waals surface area (Å²) in [4.78, 5) is 21.8. The molecule has 0 amide bonds. The lowest BCUT2D eigenvalue weighted by atomic mass is 10.1. The molecular formula is C12H6BrNO6. The predicted molar refractivity (Wildman–Crippen MR) is 68.1 cm³/mol. The second-order valence-corrected chi connectivity index (χ2v) is 4.74. The Morgan fingerprint density at radius 1 is 1.35 bits per heavy atom. The van der Waals surface area contributed by atoms with Crippen molar-refractivity contribution in [2.24, 2.45) is 0 Å². The lowest BCUT2D eigenvalue weighted by Crippen LogP contribution is -1.94. The van der Waals surface area contributed by atoms with E-state index in [1.807, 2.05) is 0 Å². The van der Waals surface area contributed by atoms with Gasteiger partial charge in [0.1, 0.15) is 0 Å². The summed E-state index contributed by atoms with van der Waals surface area (Å²) in [6, 6.07) is 2.81. The third-order valence-corrected chi connectivity index (χ3v) is 3.35. The number of hydrogen-bond donors (Lipinski definition) is 1. The van der Waals surface area contributed by atoms with Crippen LogP contribution in [0.5, 0.6) is 11.5 Å². The van der Waals surface area contributed by atoms with Crippen molar-refractivity contribution in [3.8, 4) is 22.8 Å². The van der Waals surface area contributed by atoms with Crippen molar-refractivity contribution in [1.82, 2.24) is 5.16 Å². The minimum absolute atomic E-state index is 0.0282. The maximum Gasteiger partial charge on any atom is 0.358 e. The minimum Gasteiger partial charge on any atom is -0.476 e. The van der Waals surface area contributed by atoms with E-state index >= 15 is 0 Å². The Balaban J connectivity index is 2.21. The molecule has 1 aromatic heterocycles. The Morgan fingerprint density at radius 3 is 2.75 bits per heavy atom. The maximum atomic E-state index is 11.0. The molecule has 0 unspecified atom stereocenters. The molecule has 20 heavy (non-hydrogen) atoms. The van der Waals surface area contributed by atoms with Crippen LogP contribution in [0.15, 0.2) is 21.1 Å². The molecule has 0 atom stereocenters. The Morgan fingerprint density at radius 2 is 2.10 bits per heavy atom. The van der Waals surface area contributed by atoms with Gasteiger partial charge in [0.05, 0.1) is 11.1 Å². The quantitative estimate of drug-likeness (QED) is 0.856. The van der Waals surface area contributed by atoms with Gasteiger partial charge in [-0.2, -0.15) is 0 Å². The highest BCUT2D eigenvalue weighted by molar-refractivity contribution is 9.10. The topological polar surface area (TPSA) is 98.9 Å². The summed E-state index contributed by atoms with van der Waals surface area (Å²) in [5.41, 5.74) is 0.549. The number of carboxylic acids is 1. The second-order valence-electron chi connectivity index (χ2n) is 3.89. The van der Waals surface area contributed by atoms with Gasteiger partial charge in [0, 0.05) is 10.5 Å². The highest BCUT2D eigenvalue weighted by Gasteiger charge is 2.28. The average molecular weight is 340 g/mol. The van der Waals surface area contributed by atoms with Crippen molar-refractivity contribution < 1.29 is 28.7 Å². The van der Waals surface area contributed by atoms with Gasteiger partial charge in [-0.05, 0) is 22.0 Å². The summed E-state index contributed by atoms with van der Waals surface area (Å²) < 4.78 is 16.1. The normalized spacial score (nSPS) is 12.4. The molecule has 0 fully saturated rings. The van der Waals surface area contributed by atoms with Gasteiger partial charge < -0.3 is 19.1 Å². The number of halogens is 1. The fraction of sp³-hybridized carbons (Fsp3) is 0.0833. The first-order chi connectivity index (χ1) is 9.61. The smallest absolute Gasteiger partial charge is 0.358 e. The molecule has 3 rings (SSSR count). The number of fused-ring (bicyclic) bond motifs is 1. The van der Waals surface area contributed by atoms with E-state index in [1.165, 1.54) is 6.07 Å². The van der Waals surface area contributed by atoms with E-state index in [-0.39, 0.29) is 18.2 Å². The van der Waals surface area contributed by atoms with Gasteiger partial charge in [-0.3, -0.25) is 4.79 Å².